The molecule has 3 nitrogen and oxygen atoms in total. The van der Waals surface area contributed by atoms with Gasteiger partial charge in [0.05, 0.1) is 0 Å². The van der Waals surface area contributed by atoms with Gasteiger partial charge < -0.3 is 4.90 Å². The van der Waals surface area contributed by atoms with Gasteiger partial charge in [0.2, 0.25) is 0 Å². The Labute approximate surface area is 89.4 Å². The summed E-state index contributed by atoms with van der Waals surface area (Å²) in [5.41, 5.74) is 1.16. The molecule has 15 heavy (non-hydrogen) atoms. The second kappa shape index (κ2) is 4.09. The van der Waals surface area contributed by atoms with Crippen molar-refractivity contribution in [2.75, 3.05) is 11.9 Å². The Bertz CT molecular complexity index is 422. The van der Waals surface area contributed by atoms with Gasteiger partial charge in [0.1, 0.15) is 11.6 Å². The van der Waals surface area contributed by atoms with E-state index in [1.54, 1.807) is 6.20 Å². The minimum absolute atomic E-state index is 0.897. The maximum absolute atomic E-state index is 4.34. The van der Waals surface area contributed by atoms with E-state index in [2.05, 4.69) is 9.97 Å². The van der Waals surface area contributed by atoms with Crippen LogP contribution in [0.2, 0.25) is 0 Å². The number of anilines is 2. The molecule has 76 valence electrons. The van der Waals surface area contributed by atoms with Crippen LogP contribution in [0.1, 0.15) is 5.56 Å². The van der Waals surface area contributed by atoms with Crippen LogP contribution in [0, 0.1) is 6.92 Å². The Morgan fingerprint density at radius 2 is 1.80 bits per heavy atom. The quantitative estimate of drug-likeness (QED) is 0.744. The van der Waals surface area contributed by atoms with Gasteiger partial charge >= 0.3 is 0 Å². The maximum Gasteiger partial charge on any atom is 0.133 e. The molecule has 0 aromatic carbocycles. The predicted octanol–water partition coefficient (Wildman–Crippen LogP) is 2.55. The van der Waals surface area contributed by atoms with Crippen molar-refractivity contribution in [3.05, 3.63) is 48.3 Å². The number of rotatable bonds is 2. The van der Waals surface area contributed by atoms with Gasteiger partial charge in [-0.25, -0.2) is 9.97 Å². The zero-order valence-corrected chi connectivity index (χ0v) is 8.88. The van der Waals surface area contributed by atoms with Crippen molar-refractivity contribution in [1.29, 1.82) is 0 Å². The Hall–Kier alpha value is -1.90. The first kappa shape index (κ1) is 9.65. The molecule has 3 heteroatoms. The van der Waals surface area contributed by atoms with E-state index in [9.17, 15) is 0 Å². The summed E-state index contributed by atoms with van der Waals surface area (Å²) in [5, 5.41) is 0. The summed E-state index contributed by atoms with van der Waals surface area (Å²) in [7, 11) is 1.96. The Kier molecular flexibility index (Phi) is 2.63. The first-order chi connectivity index (χ1) is 7.27. The lowest BCUT2D eigenvalue weighted by Gasteiger charge is -2.16. The normalized spacial score (nSPS) is 10.0. The molecular weight excluding hydrogens is 186 g/mol. The standard InChI is InChI=1S/C12H13N3/c1-10-6-7-12(14-9-10)15(2)11-5-3-4-8-13-11/h3-9H,1-2H3. The summed E-state index contributed by atoms with van der Waals surface area (Å²) < 4.78 is 0. The largest absolute Gasteiger partial charge is 0.314 e. The fourth-order valence-electron chi connectivity index (χ4n) is 1.33. The minimum Gasteiger partial charge on any atom is -0.314 e. The van der Waals surface area contributed by atoms with Crippen LogP contribution in [0.4, 0.5) is 11.6 Å². The number of hydrogen-bond acceptors (Lipinski definition) is 3. The molecule has 0 amide bonds. The number of hydrogen-bond donors (Lipinski definition) is 0. The molecule has 0 N–H and O–H groups in total. The molecule has 0 saturated heterocycles. The van der Waals surface area contributed by atoms with Crippen LogP contribution in [-0.4, -0.2) is 17.0 Å². The first-order valence-electron chi connectivity index (χ1n) is 4.85. The van der Waals surface area contributed by atoms with E-state index < -0.39 is 0 Å². The van der Waals surface area contributed by atoms with Crippen LogP contribution >= 0.6 is 0 Å². The summed E-state index contributed by atoms with van der Waals surface area (Å²) in [6, 6.07) is 9.86. The van der Waals surface area contributed by atoms with Crippen molar-refractivity contribution < 1.29 is 0 Å². The van der Waals surface area contributed by atoms with Crippen molar-refractivity contribution in [1.82, 2.24) is 9.97 Å². The summed E-state index contributed by atoms with van der Waals surface area (Å²) in [6.07, 6.45) is 3.63. The van der Waals surface area contributed by atoms with Gasteiger partial charge in [-0.2, -0.15) is 0 Å². The zero-order chi connectivity index (χ0) is 10.7. The Morgan fingerprint density at radius 1 is 1.00 bits per heavy atom. The van der Waals surface area contributed by atoms with E-state index in [-0.39, 0.29) is 0 Å². The molecule has 2 aromatic heterocycles. The van der Waals surface area contributed by atoms with Crippen LogP contribution in [0.3, 0.4) is 0 Å². The lowest BCUT2D eigenvalue weighted by molar-refractivity contribution is 1.07. The van der Waals surface area contributed by atoms with Gasteiger partial charge in [0.15, 0.2) is 0 Å². The van der Waals surface area contributed by atoms with Gasteiger partial charge in [-0.15, -0.1) is 0 Å². The van der Waals surface area contributed by atoms with Crippen LogP contribution in [-0.2, 0) is 0 Å². The van der Waals surface area contributed by atoms with Gasteiger partial charge in [0.25, 0.3) is 0 Å². The van der Waals surface area contributed by atoms with Crippen LogP contribution in [0.25, 0.3) is 0 Å². The highest BCUT2D eigenvalue weighted by Gasteiger charge is 2.04. The number of aryl methyl sites for hydroxylation is 1. The SMILES string of the molecule is Cc1ccc(N(C)c2ccccn2)nc1. The molecule has 0 aliphatic carbocycles. The van der Waals surface area contributed by atoms with E-state index in [0.29, 0.717) is 0 Å². The molecular formula is C12H13N3. The maximum atomic E-state index is 4.34. The average Bonchev–Trinajstić information content (AvgIpc) is 2.30. The molecule has 0 saturated carbocycles. The lowest BCUT2D eigenvalue weighted by Crippen LogP contribution is -2.12. The minimum atomic E-state index is 0.897. The van der Waals surface area contributed by atoms with Crippen molar-refractivity contribution in [3.63, 3.8) is 0 Å². The summed E-state index contributed by atoms with van der Waals surface area (Å²) >= 11 is 0. The molecule has 0 unspecified atom stereocenters. The second-order valence-corrected chi connectivity index (χ2v) is 3.44. The second-order valence-electron chi connectivity index (χ2n) is 3.44. The van der Waals surface area contributed by atoms with Crippen molar-refractivity contribution in [2.45, 2.75) is 6.92 Å². The van der Waals surface area contributed by atoms with Crippen LogP contribution in [0.5, 0.6) is 0 Å². The van der Waals surface area contributed by atoms with Crippen molar-refractivity contribution in [2.24, 2.45) is 0 Å². The highest BCUT2D eigenvalue weighted by molar-refractivity contribution is 5.54. The fourth-order valence-corrected chi connectivity index (χ4v) is 1.33. The molecule has 2 rings (SSSR count). The van der Waals surface area contributed by atoms with Crippen LogP contribution in [0.15, 0.2) is 42.7 Å². The molecule has 0 fully saturated rings. The monoisotopic (exact) mass is 199 g/mol. The smallest absolute Gasteiger partial charge is 0.133 e. The van der Waals surface area contributed by atoms with E-state index in [1.807, 2.05) is 55.4 Å². The zero-order valence-electron chi connectivity index (χ0n) is 8.88. The predicted molar refractivity (Wildman–Crippen MR) is 61.3 cm³/mol. The third kappa shape index (κ3) is 2.13. The molecule has 0 bridgehead atoms. The third-order valence-electron chi connectivity index (χ3n) is 2.23. The topological polar surface area (TPSA) is 29.0 Å². The van der Waals surface area contributed by atoms with Gasteiger partial charge in [-0.1, -0.05) is 12.1 Å². The molecule has 0 spiro atoms. The van der Waals surface area contributed by atoms with E-state index in [1.165, 1.54) is 0 Å². The molecule has 2 aromatic rings. The van der Waals surface area contributed by atoms with Gasteiger partial charge in [-0.3, -0.25) is 0 Å². The highest BCUT2D eigenvalue weighted by Crippen LogP contribution is 2.18. The molecule has 2 heterocycles. The highest BCUT2D eigenvalue weighted by atomic mass is 15.2. The molecule has 0 aliphatic heterocycles. The molecule has 0 aliphatic rings. The molecule has 0 atom stereocenters. The average molecular weight is 199 g/mol. The Morgan fingerprint density at radius 3 is 2.40 bits per heavy atom. The van der Waals surface area contributed by atoms with Crippen molar-refractivity contribution >= 4 is 11.6 Å². The summed E-state index contributed by atoms with van der Waals surface area (Å²) in [6.45, 7) is 2.03. The lowest BCUT2D eigenvalue weighted by atomic mass is 10.3. The number of aromatic nitrogens is 2. The van der Waals surface area contributed by atoms with E-state index in [4.69, 9.17) is 0 Å². The number of pyridine rings is 2. The van der Waals surface area contributed by atoms with E-state index in [0.717, 1.165) is 17.2 Å². The van der Waals surface area contributed by atoms with Gasteiger partial charge in [0, 0.05) is 19.4 Å². The third-order valence-corrected chi connectivity index (χ3v) is 2.23. The Balaban J connectivity index is 2.29. The van der Waals surface area contributed by atoms with Crippen LogP contribution < -0.4 is 4.90 Å². The summed E-state index contributed by atoms with van der Waals surface area (Å²) in [5.74, 6) is 1.80. The van der Waals surface area contributed by atoms with Crippen molar-refractivity contribution in [3.8, 4) is 0 Å². The number of nitrogens with zero attached hydrogens (tertiary/aromatic N) is 3. The van der Waals surface area contributed by atoms with E-state index >= 15 is 0 Å². The fraction of sp³-hybridized carbons (Fsp3) is 0.167. The molecule has 0 radical (unpaired) electrons. The first-order valence-corrected chi connectivity index (χ1v) is 4.85. The van der Waals surface area contributed by atoms with Gasteiger partial charge in [-0.05, 0) is 30.7 Å². The summed E-state index contributed by atoms with van der Waals surface area (Å²) in [4.78, 5) is 10.6.